The van der Waals surface area contributed by atoms with Crippen LogP contribution in [-0.2, 0) is 49.5 Å². The average Bonchev–Trinajstić information content (AvgIpc) is 3.17. The van der Waals surface area contributed by atoms with Gasteiger partial charge in [0, 0.05) is 33.1 Å². The molecule has 5 amide bonds. The molecule has 7 atom stereocenters. The van der Waals surface area contributed by atoms with Gasteiger partial charge in [0.15, 0.2) is 6.10 Å². The number of carbonyl (C=O) groups is 7. The second-order valence-electron chi connectivity index (χ2n) is 16.2. The zero-order chi connectivity index (χ0) is 43.1. The van der Waals surface area contributed by atoms with E-state index in [0.717, 1.165) is 5.56 Å². The van der Waals surface area contributed by atoms with Crippen LogP contribution in [0.2, 0.25) is 0 Å². The average molecular weight is 798 g/mol. The Labute approximate surface area is 339 Å². The minimum absolute atomic E-state index is 0.0239. The third kappa shape index (κ3) is 14.6. The Bertz CT molecular complexity index is 1580. The smallest absolute Gasteiger partial charge is 0.334 e. The van der Waals surface area contributed by atoms with Gasteiger partial charge < -0.3 is 34.8 Å². The summed E-state index contributed by atoms with van der Waals surface area (Å²) in [4.78, 5) is 99.4. The summed E-state index contributed by atoms with van der Waals surface area (Å²) in [6, 6.07) is 4.94. The predicted octanol–water partition coefficient (Wildman–Crippen LogP) is 4.05. The fourth-order valence-corrected chi connectivity index (χ4v) is 6.43. The first-order valence-electron chi connectivity index (χ1n) is 20.2. The summed E-state index contributed by atoms with van der Waals surface area (Å²) in [5.41, 5.74) is 1.07. The molecule has 1 unspecified atom stereocenters. The summed E-state index contributed by atoms with van der Waals surface area (Å²) in [6.45, 7) is 15.6. The van der Waals surface area contributed by atoms with Crippen LogP contribution in [0, 0.1) is 17.8 Å². The first-order valence-corrected chi connectivity index (χ1v) is 20.2. The lowest BCUT2D eigenvalue weighted by atomic mass is 9.97. The van der Waals surface area contributed by atoms with Gasteiger partial charge in [0.1, 0.15) is 30.3 Å². The van der Waals surface area contributed by atoms with E-state index in [4.69, 9.17) is 9.47 Å². The van der Waals surface area contributed by atoms with Crippen molar-refractivity contribution in [2.45, 2.75) is 137 Å². The number of hydrogen-bond donors (Lipinski definition) is 2. The molecule has 14 heteroatoms. The molecule has 0 saturated carbocycles. The van der Waals surface area contributed by atoms with Gasteiger partial charge in [-0.1, -0.05) is 84.4 Å². The van der Waals surface area contributed by atoms with Gasteiger partial charge >= 0.3 is 11.9 Å². The number of esters is 2. The Hall–Kier alpha value is -4.75. The molecular weight excluding hydrogens is 730 g/mol. The number of amides is 5. The molecule has 0 fully saturated rings. The van der Waals surface area contributed by atoms with E-state index < -0.39 is 84.4 Å². The molecule has 0 saturated heterocycles. The van der Waals surface area contributed by atoms with Crippen LogP contribution in [0.1, 0.15) is 100.0 Å². The number of allylic oxidation sites excluding steroid dienone is 1. The van der Waals surface area contributed by atoms with E-state index in [1.807, 2.05) is 71.9 Å². The largest absolute Gasteiger partial charge is 0.461 e. The van der Waals surface area contributed by atoms with Crippen LogP contribution in [-0.4, -0.2) is 120 Å². The number of ether oxygens (including phenoxy) is 2. The fourth-order valence-electron chi connectivity index (χ4n) is 6.43. The summed E-state index contributed by atoms with van der Waals surface area (Å²) < 4.78 is 11.6. The van der Waals surface area contributed by atoms with Crippen LogP contribution in [0.5, 0.6) is 0 Å². The molecular formula is C43H67N5O9. The van der Waals surface area contributed by atoms with Crippen molar-refractivity contribution < 1.29 is 43.0 Å². The summed E-state index contributed by atoms with van der Waals surface area (Å²) in [7, 11) is 4.39. The second-order valence-corrected chi connectivity index (χ2v) is 16.2. The Kier molecular flexibility index (Phi) is 19.4. The number of cyclic esters (lactones) is 2. The van der Waals surface area contributed by atoms with Crippen molar-refractivity contribution in [1.29, 1.82) is 0 Å². The van der Waals surface area contributed by atoms with Crippen molar-refractivity contribution in [3.05, 3.63) is 47.5 Å². The third-order valence-electron chi connectivity index (χ3n) is 10.6. The van der Waals surface area contributed by atoms with E-state index in [0.29, 0.717) is 31.3 Å². The maximum absolute atomic E-state index is 14.1. The highest BCUT2D eigenvalue weighted by Crippen LogP contribution is 2.20. The lowest BCUT2D eigenvalue weighted by molar-refractivity contribution is -0.161. The number of likely N-dealkylation sites (N-methyl/N-ethyl adjacent to an activating group) is 3. The highest BCUT2D eigenvalue weighted by molar-refractivity contribution is 5.96. The summed E-state index contributed by atoms with van der Waals surface area (Å²) in [5.74, 6) is -4.47. The molecule has 0 spiro atoms. The number of carbonyl (C=O) groups excluding carboxylic acids is 7. The van der Waals surface area contributed by atoms with Gasteiger partial charge in [-0.05, 0) is 69.8 Å². The molecule has 1 aromatic carbocycles. The van der Waals surface area contributed by atoms with Crippen molar-refractivity contribution in [3.63, 3.8) is 0 Å². The van der Waals surface area contributed by atoms with E-state index >= 15 is 0 Å². The normalized spacial score (nSPS) is 26.7. The first kappa shape index (κ1) is 48.4. The van der Waals surface area contributed by atoms with E-state index in [2.05, 4.69) is 10.6 Å². The SMILES string of the molecule is CCC(C)[C@@H]1NC(=O)CN(C)C(=O)[C@@H](Cc2ccccc2)N(C)C(=O)[C@H](C)NC(=O)[C@@H](CC(C)C)OC(=O)/C(C)=C/CCC[C@@H](C(C)C)OC(=O)[C@@H](C)N(C)C1=O. The number of hydrogen-bond acceptors (Lipinski definition) is 9. The standard InChI is InChI=1S/C43H67N5O9/c1-13-28(6)37-41(53)47(11)31(9)43(55)56-34(27(4)5)22-18-17-19-29(7)42(54)57-35(23-26(2)3)38(50)44-30(8)39(51)48(12)33(24-32-20-15-14-16-21-32)40(52)46(10)25-36(49)45-37/h14-16,19-21,26-28,30-31,33-35,37H,13,17-18,22-25H2,1-12H3,(H,44,50)(H,45,49)/b29-19+/t28?,30-,31+,33+,34-,35+,37-/m0/s1. The molecule has 1 aliphatic rings. The number of nitrogens with one attached hydrogen (secondary N) is 2. The van der Waals surface area contributed by atoms with Crippen LogP contribution < -0.4 is 10.6 Å². The topological polar surface area (TPSA) is 172 Å². The van der Waals surface area contributed by atoms with Crippen LogP contribution >= 0.6 is 0 Å². The zero-order valence-electron chi connectivity index (χ0n) is 36.1. The number of nitrogens with zero attached hydrogens (tertiary/aromatic N) is 3. The van der Waals surface area contributed by atoms with Crippen molar-refractivity contribution in [2.75, 3.05) is 27.7 Å². The molecule has 318 valence electrons. The highest BCUT2D eigenvalue weighted by Gasteiger charge is 2.37. The Morgan fingerprint density at radius 3 is 2.04 bits per heavy atom. The van der Waals surface area contributed by atoms with E-state index in [9.17, 15) is 33.6 Å². The molecule has 0 bridgehead atoms. The zero-order valence-corrected chi connectivity index (χ0v) is 36.1. The van der Waals surface area contributed by atoms with Crippen molar-refractivity contribution in [3.8, 4) is 0 Å². The maximum atomic E-state index is 14.1. The fraction of sp³-hybridized carbons (Fsp3) is 0.651. The van der Waals surface area contributed by atoms with Crippen LogP contribution in [0.3, 0.4) is 0 Å². The molecule has 2 rings (SSSR count). The maximum Gasteiger partial charge on any atom is 0.334 e. The number of rotatable bonds is 7. The predicted molar refractivity (Wildman–Crippen MR) is 217 cm³/mol. The van der Waals surface area contributed by atoms with Gasteiger partial charge in [0.2, 0.25) is 23.6 Å². The Morgan fingerprint density at radius 1 is 0.825 bits per heavy atom. The molecule has 14 nitrogen and oxygen atoms in total. The van der Waals surface area contributed by atoms with Gasteiger partial charge in [0.25, 0.3) is 5.91 Å². The van der Waals surface area contributed by atoms with Gasteiger partial charge in [-0.2, -0.15) is 0 Å². The van der Waals surface area contributed by atoms with E-state index in [-0.39, 0.29) is 30.6 Å². The molecule has 1 aliphatic heterocycles. The Morgan fingerprint density at radius 2 is 1.46 bits per heavy atom. The molecule has 0 aliphatic carbocycles. The van der Waals surface area contributed by atoms with Gasteiger partial charge in [0.05, 0.1) is 6.54 Å². The monoisotopic (exact) mass is 797 g/mol. The van der Waals surface area contributed by atoms with Crippen LogP contribution in [0.15, 0.2) is 42.0 Å². The van der Waals surface area contributed by atoms with Crippen LogP contribution in [0.25, 0.3) is 0 Å². The molecule has 1 heterocycles. The second kappa shape index (κ2) is 22.9. The summed E-state index contributed by atoms with van der Waals surface area (Å²) in [6.07, 6.45) is 2.49. The minimum atomic E-state index is -1.18. The third-order valence-corrected chi connectivity index (χ3v) is 10.6. The molecule has 2 N–H and O–H groups in total. The summed E-state index contributed by atoms with van der Waals surface area (Å²) in [5, 5.41) is 5.49. The summed E-state index contributed by atoms with van der Waals surface area (Å²) >= 11 is 0. The van der Waals surface area contributed by atoms with Crippen molar-refractivity contribution >= 4 is 41.5 Å². The van der Waals surface area contributed by atoms with Crippen molar-refractivity contribution in [2.24, 2.45) is 17.8 Å². The lowest BCUT2D eigenvalue weighted by Gasteiger charge is -2.34. The van der Waals surface area contributed by atoms with Crippen molar-refractivity contribution in [1.82, 2.24) is 25.3 Å². The molecule has 0 radical (unpaired) electrons. The highest BCUT2D eigenvalue weighted by atomic mass is 16.6. The van der Waals surface area contributed by atoms with Gasteiger partial charge in [-0.15, -0.1) is 0 Å². The quantitative estimate of drug-likeness (QED) is 0.387. The number of benzene rings is 1. The van der Waals surface area contributed by atoms with E-state index in [1.54, 1.807) is 19.9 Å². The van der Waals surface area contributed by atoms with Gasteiger partial charge in [-0.25, -0.2) is 9.59 Å². The molecule has 0 aromatic heterocycles. The Balaban J connectivity index is 2.57. The lowest BCUT2D eigenvalue weighted by Crippen LogP contribution is -2.58. The van der Waals surface area contributed by atoms with Crippen LogP contribution in [0.4, 0.5) is 0 Å². The molecule has 57 heavy (non-hydrogen) atoms. The minimum Gasteiger partial charge on any atom is -0.461 e. The van der Waals surface area contributed by atoms with Gasteiger partial charge in [-0.3, -0.25) is 24.0 Å². The first-order chi connectivity index (χ1) is 26.7. The molecule has 1 aromatic rings. The van der Waals surface area contributed by atoms with E-state index in [1.165, 1.54) is 42.8 Å².